The fourth-order valence-corrected chi connectivity index (χ4v) is 2.55. The van der Waals surface area contributed by atoms with E-state index in [9.17, 15) is 22.8 Å². The quantitative estimate of drug-likeness (QED) is 0.788. The number of carbonyl (C=O) groups excluding carboxylic acids is 2. The van der Waals surface area contributed by atoms with E-state index in [1.54, 1.807) is 0 Å². The molecule has 1 saturated heterocycles. The summed E-state index contributed by atoms with van der Waals surface area (Å²) in [6.45, 7) is 0.0851. The molecule has 4 nitrogen and oxygen atoms in total. The molecule has 0 aliphatic carbocycles. The highest BCUT2D eigenvalue weighted by Gasteiger charge is 2.46. The maximum atomic E-state index is 13.0. The van der Waals surface area contributed by atoms with Gasteiger partial charge in [-0.3, -0.25) is 4.79 Å². The molecule has 0 radical (unpaired) electrons. The van der Waals surface area contributed by atoms with Crippen LogP contribution in [0.3, 0.4) is 0 Å². The number of methoxy groups -OCH3 is 1. The summed E-state index contributed by atoms with van der Waals surface area (Å²) >= 11 is 0. The second-order valence-electron chi connectivity index (χ2n) is 5.12. The fourth-order valence-electron chi connectivity index (χ4n) is 2.55. The minimum Gasteiger partial charge on any atom is -0.465 e. The smallest absolute Gasteiger partial charge is 0.408 e. The highest BCUT2D eigenvalue weighted by Crippen LogP contribution is 2.32. The number of rotatable bonds is 2. The molecule has 1 aromatic rings. The Labute approximate surface area is 125 Å². The Morgan fingerprint density at radius 3 is 2.27 bits per heavy atom. The third-order valence-corrected chi connectivity index (χ3v) is 3.69. The molecule has 120 valence electrons. The van der Waals surface area contributed by atoms with Crippen molar-refractivity contribution < 1.29 is 27.5 Å². The highest BCUT2D eigenvalue weighted by atomic mass is 19.4. The number of halogens is 3. The molecule has 1 unspecified atom stereocenters. The molecule has 0 N–H and O–H groups in total. The monoisotopic (exact) mass is 315 g/mol. The molecule has 1 aliphatic rings. The molecule has 0 spiro atoms. The molecule has 0 bridgehead atoms. The first-order chi connectivity index (χ1) is 10.3. The predicted molar refractivity (Wildman–Crippen MR) is 72.5 cm³/mol. The van der Waals surface area contributed by atoms with Gasteiger partial charge in [0.25, 0.3) is 5.91 Å². The molecular weight excluding hydrogens is 299 g/mol. The Kier molecular flexibility index (Phi) is 4.73. The van der Waals surface area contributed by atoms with Gasteiger partial charge in [-0.1, -0.05) is 0 Å². The molecular formula is C15H16F3NO3. The number of benzene rings is 1. The predicted octanol–water partition coefficient (Wildman–Crippen LogP) is 3.03. The van der Waals surface area contributed by atoms with Crippen LogP contribution >= 0.6 is 0 Å². The third kappa shape index (κ3) is 3.40. The number of hydrogen-bond acceptors (Lipinski definition) is 3. The van der Waals surface area contributed by atoms with Gasteiger partial charge in [0.15, 0.2) is 0 Å². The summed E-state index contributed by atoms with van der Waals surface area (Å²) in [5, 5.41) is 0. The number of ether oxygens (including phenoxy) is 1. The number of hydrogen-bond donors (Lipinski definition) is 0. The molecule has 0 saturated carbocycles. The second kappa shape index (κ2) is 6.37. The average Bonchev–Trinajstić information content (AvgIpc) is 2.52. The topological polar surface area (TPSA) is 46.6 Å². The maximum Gasteiger partial charge on any atom is 0.408 e. The standard InChI is InChI=1S/C15H16F3NO3/c1-22-14(21)11-7-5-10(6-8-11)13(20)19-9-3-2-4-12(19)15(16,17)18/h5-8,12H,2-4,9H2,1H3. The van der Waals surface area contributed by atoms with Crippen LogP contribution in [0.2, 0.25) is 0 Å². The van der Waals surface area contributed by atoms with Gasteiger partial charge >= 0.3 is 12.1 Å². The van der Waals surface area contributed by atoms with E-state index in [2.05, 4.69) is 4.74 Å². The lowest BCUT2D eigenvalue weighted by Crippen LogP contribution is -2.51. The number of alkyl halides is 3. The number of amides is 1. The summed E-state index contributed by atoms with van der Waals surface area (Å²) in [5.41, 5.74) is 0.369. The van der Waals surface area contributed by atoms with E-state index in [-0.39, 0.29) is 24.1 Å². The summed E-state index contributed by atoms with van der Waals surface area (Å²) in [6.07, 6.45) is -3.49. The van der Waals surface area contributed by atoms with Gasteiger partial charge in [0, 0.05) is 12.1 Å². The van der Waals surface area contributed by atoms with E-state index in [4.69, 9.17) is 0 Å². The Morgan fingerprint density at radius 1 is 1.14 bits per heavy atom. The van der Waals surface area contributed by atoms with Crippen molar-refractivity contribution in [3.05, 3.63) is 35.4 Å². The second-order valence-corrected chi connectivity index (χ2v) is 5.12. The van der Waals surface area contributed by atoms with Crippen molar-refractivity contribution in [3.8, 4) is 0 Å². The molecule has 1 aliphatic heterocycles. The van der Waals surface area contributed by atoms with E-state index in [0.29, 0.717) is 12.8 Å². The van der Waals surface area contributed by atoms with Crippen LogP contribution < -0.4 is 0 Å². The van der Waals surface area contributed by atoms with Crippen LogP contribution in [0.1, 0.15) is 40.0 Å². The van der Waals surface area contributed by atoms with Gasteiger partial charge in [-0.2, -0.15) is 13.2 Å². The molecule has 0 aromatic heterocycles. The lowest BCUT2D eigenvalue weighted by Gasteiger charge is -2.36. The molecule has 1 aromatic carbocycles. The zero-order valence-electron chi connectivity index (χ0n) is 12.0. The number of likely N-dealkylation sites (tertiary alicyclic amines) is 1. The summed E-state index contributed by atoms with van der Waals surface area (Å²) < 4.78 is 43.6. The number of carbonyl (C=O) groups is 2. The molecule has 1 amide bonds. The minimum absolute atomic E-state index is 0.0739. The van der Waals surface area contributed by atoms with Gasteiger partial charge < -0.3 is 9.64 Å². The van der Waals surface area contributed by atoms with Gasteiger partial charge in [-0.15, -0.1) is 0 Å². The van der Waals surface area contributed by atoms with Crippen molar-refractivity contribution in [2.45, 2.75) is 31.5 Å². The lowest BCUT2D eigenvalue weighted by atomic mass is 10.00. The van der Waals surface area contributed by atoms with Crippen LogP contribution in [0.15, 0.2) is 24.3 Å². The average molecular weight is 315 g/mol. The summed E-state index contributed by atoms with van der Waals surface area (Å²) in [6, 6.07) is 3.68. The van der Waals surface area contributed by atoms with Crippen molar-refractivity contribution in [1.29, 1.82) is 0 Å². The molecule has 1 heterocycles. The fraction of sp³-hybridized carbons (Fsp3) is 0.467. The summed E-state index contributed by atoms with van der Waals surface area (Å²) in [7, 11) is 1.23. The summed E-state index contributed by atoms with van der Waals surface area (Å²) in [4.78, 5) is 24.5. The Bertz CT molecular complexity index is 554. The summed E-state index contributed by atoms with van der Waals surface area (Å²) in [5.74, 6) is -1.23. The molecule has 22 heavy (non-hydrogen) atoms. The Morgan fingerprint density at radius 2 is 1.73 bits per heavy atom. The molecule has 7 heteroatoms. The van der Waals surface area contributed by atoms with Crippen LogP contribution in [-0.4, -0.2) is 42.6 Å². The first kappa shape index (κ1) is 16.3. The van der Waals surface area contributed by atoms with Crippen molar-refractivity contribution in [2.75, 3.05) is 13.7 Å². The van der Waals surface area contributed by atoms with E-state index < -0.39 is 24.1 Å². The molecule has 2 rings (SSSR count). The van der Waals surface area contributed by atoms with Gasteiger partial charge in [-0.25, -0.2) is 4.79 Å². The maximum absolute atomic E-state index is 13.0. The normalized spacial score (nSPS) is 18.9. The van der Waals surface area contributed by atoms with Crippen molar-refractivity contribution in [3.63, 3.8) is 0 Å². The minimum atomic E-state index is -4.43. The largest absolute Gasteiger partial charge is 0.465 e. The third-order valence-electron chi connectivity index (χ3n) is 3.69. The van der Waals surface area contributed by atoms with Crippen molar-refractivity contribution in [1.82, 2.24) is 4.90 Å². The van der Waals surface area contributed by atoms with E-state index in [0.717, 1.165) is 4.90 Å². The van der Waals surface area contributed by atoms with Crippen LogP contribution in [0.4, 0.5) is 13.2 Å². The van der Waals surface area contributed by atoms with Gasteiger partial charge in [0.05, 0.1) is 12.7 Å². The van der Waals surface area contributed by atoms with Gasteiger partial charge in [0.2, 0.25) is 0 Å². The van der Waals surface area contributed by atoms with E-state index >= 15 is 0 Å². The first-order valence-electron chi connectivity index (χ1n) is 6.90. The SMILES string of the molecule is COC(=O)c1ccc(C(=O)N2CCCCC2C(F)(F)F)cc1. The van der Waals surface area contributed by atoms with Crippen molar-refractivity contribution >= 4 is 11.9 Å². The van der Waals surface area contributed by atoms with Crippen molar-refractivity contribution in [2.24, 2.45) is 0 Å². The van der Waals surface area contributed by atoms with Crippen LogP contribution in [0, 0.1) is 0 Å². The highest BCUT2D eigenvalue weighted by molar-refractivity contribution is 5.96. The van der Waals surface area contributed by atoms with Crippen LogP contribution in [0.5, 0.6) is 0 Å². The lowest BCUT2D eigenvalue weighted by molar-refractivity contribution is -0.183. The molecule has 1 fully saturated rings. The zero-order valence-corrected chi connectivity index (χ0v) is 12.0. The number of esters is 1. The first-order valence-corrected chi connectivity index (χ1v) is 6.90. The van der Waals surface area contributed by atoms with Crippen LogP contribution in [-0.2, 0) is 4.74 Å². The number of nitrogens with zero attached hydrogens (tertiary/aromatic N) is 1. The zero-order chi connectivity index (χ0) is 16.3. The van der Waals surface area contributed by atoms with Gasteiger partial charge in [0.1, 0.15) is 6.04 Å². The Balaban J connectivity index is 2.20. The van der Waals surface area contributed by atoms with Crippen LogP contribution in [0.25, 0.3) is 0 Å². The number of piperidine rings is 1. The van der Waals surface area contributed by atoms with E-state index in [1.165, 1.54) is 31.4 Å². The Hall–Kier alpha value is -2.05. The molecule has 1 atom stereocenters. The van der Waals surface area contributed by atoms with Gasteiger partial charge in [-0.05, 0) is 43.5 Å². The van der Waals surface area contributed by atoms with E-state index in [1.807, 2.05) is 0 Å².